The van der Waals surface area contributed by atoms with Gasteiger partial charge < -0.3 is 16.0 Å². The summed E-state index contributed by atoms with van der Waals surface area (Å²) < 4.78 is 15.3. The third kappa shape index (κ3) is 3.70. The van der Waals surface area contributed by atoms with Gasteiger partial charge in [-0.25, -0.2) is 4.39 Å². The Labute approximate surface area is 163 Å². The van der Waals surface area contributed by atoms with Gasteiger partial charge in [0.25, 0.3) is 5.91 Å². The predicted octanol–water partition coefficient (Wildman–Crippen LogP) is 4.41. The molecule has 3 aromatic rings. The lowest BCUT2D eigenvalue weighted by atomic mass is 9.91. The zero-order chi connectivity index (χ0) is 18.3. The number of hydrogen-bond acceptors (Lipinski definition) is 2. The van der Waals surface area contributed by atoms with Gasteiger partial charge in [0.1, 0.15) is 11.5 Å². The Hall–Kier alpha value is -2.37. The maximum Gasteiger partial charge on any atom is 0.265 e. The van der Waals surface area contributed by atoms with Crippen LogP contribution in [0, 0.1) is 5.82 Å². The first-order valence-corrected chi connectivity index (χ1v) is 8.99. The van der Waals surface area contributed by atoms with Gasteiger partial charge in [0.05, 0.1) is 0 Å². The average molecular weight is 388 g/mol. The normalized spacial score (nSPS) is 19.6. The van der Waals surface area contributed by atoms with Gasteiger partial charge in [0, 0.05) is 23.0 Å². The van der Waals surface area contributed by atoms with E-state index in [2.05, 4.69) is 10.6 Å². The topological polar surface area (TPSA) is 74.0 Å². The van der Waals surface area contributed by atoms with Crippen LogP contribution in [0.5, 0.6) is 0 Å². The first kappa shape index (κ1) is 19.4. The molecule has 1 aliphatic rings. The fourth-order valence-corrected chi connectivity index (χ4v) is 4.06. The van der Waals surface area contributed by atoms with E-state index in [4.69, 9.17) is 11.5 Å². The van der Waals surface area contributed by atoms with Gasteiger partial charge >= 0.3 is 0 Å². The second kappa shape index (κ2) is 7.71. The number of primary amides is 1. The highest BCUT2D eigenvalue weighted by atomic mass is 35.5. The number of fused-ring (bicyclic) bond motifs is 1. The summed E-state index contributed by atoms with van der Waals surface area (Å²) in [6.45, 7) is 0. The lowest BCUT2D eigenvalue weighted by molar-refractivity contribution is 0.0988. The molecule has 1 saturated carbocycles. The van der Waals surface area contributed by atoms with Gasteiger partial charge in [0.2, 0.25) is 0 Å². The largest absolute Gasteiger partial charge is 0.364 e. The fraction of sp³-hybridized carbons (Fsp3) is 0.286. The Morgan fingerprint density at radius 2 is 1.74 bits per heavy atom. The van der Waals surface area contributed by atoms with Crippen LogP contribution in [0.1, 0.15) is 42.2 Å². The Balaban J connectivity index is 0.00000210. The summed E-state index contributed by atoms with van der Waals surface area (Å²) in [4.78, 5) is 12.0. The molecule has 0 radical (unpaired) electrons. The lowest BCUT2D eigenvalue weighted by Gasteiger charge is -2.29. The van der Waals surface area contributed by atoms with Gasteiger partial charge in [-0.05, 0) is 61.1 Å². The van der Waals surface area contributed by atoms with Crippen LogP contribution in [0.3, 0.4) is 0 Å². The highest BCUT2D eigenvalue weighted by molar-refractivity contribution is 5.99. The molecule has 2 unspecified atom stereocenters. The molecule has 1 aliphatic carbocycles. The van der Waals surface area contributed by atoms with Crippen molar-refractivity contribution in [2.75, 3.05) is 0 Å². The molecule has 0 saturated heterocycles. The molecule has 0 aliphatic heterocycles. The van der Waals surface area contributed by atoms with Crippen LogP contribution < -0.4 is 11.5 Å². The van der Waals surface area contributed by atoms with E-state index in [-0.39, 0.29) is 30.3 Å². The number of hydrogen-bond donors (Lipinski definition) is 2. The van der Waals surface area contributed by atoms with E-state index < -0.39 is 5.91 Å². The Morgan fingerprint density at radius 3 is 2.41 bits per heavy atom. The molecule has 0 spiro atoms. The number of aromatic nitrogens is 1. The number of halogens is 2. The van der Waals surface area contributed by atoms with Crippen molar-refractivity contribution in [3.8, 4) is 11.1 Å². The number of carbonyl (C=O) groups is 1. The number of nitrogens with zero attached hydrogens (tertiary/aromatic N) is 1. The van der Waals surface area contributed by atoms with Crippen LogP contribution in [-0.2, 0) is 0 Å². The first-order valence-electron chi connectivity index (χ1n) is 8.99. The molecule has 1 fully saturated rings. The molecule has 142 valence electrons. The number of rotatable bonds is 3. The SMILES string of the molecule is Cl.NC(=O)c1cc2ccc(-c3ccc(F)cc3)cc2n1C1CCCC(N)C1. The average Bonchev–Trinajstić information content (AvgIpc) is 3.01. The summed E-state index contributed by atoms with van der Waals surface area (Å²) in [7, 11) is 0. The Bertz CT molecular complexity index is 967. The van der Waals surface area contributed by atoms with Crippen LogP contribution in [0.15, 0.2) is 48.5 Å². The first-order chi connectivity index (χ1) is 12.5. The minimum atomic E-state index is -0.427. The van der Waals surface area contributed by atoms with E-state index in [0.717, 1.165) is 47.7 Å². The zero-order valence-corrected chi connectivity index (χ0v) is 15.7. The lowest BCUT2D eigenvalue weighted by Crippen LogP contribution is -2.31. The molecule has 4 N–H and O–H groups in total. The molecule has 4 nitrogen and oxygen atoms in total. The maximum absolute atomic E-state index is 13.2. The standard InChI is InChI=1S/C21H22FN3O.ClH/c22-16-8-6-13(7-9-16)14-4-5-15-11-20(21(24)26)25(19(15)10-14)18-3-1-2-17(23)12-18;/h4-11,17-18H,1-3,12,23H2,(H2,24,26);1H. The molecule has 6 heteroatoms. The number of carbonyl (C=O) groups excluding carboxylic acids is 1. The molecule has 1 heterocycles. The van der Waals surface area contributed by atoms with E-state index in [1.54, 1.807) is 12.1 Å². The molecule has 2 aromatic carbocycles. The van der Waals surface area contributed by atoms with E-state index >= 15 is 0 Å². The molecule has 1 amide bonds. The van der Waals surface area contributed by atoms with E-state index in [1.807, 2.05) is 18.2 Å². The zero-order valence-electron chi connectivity index (χ0n) is 14.9. The van der Waals surface area contributed by atoms with Crippen molar-refractivity contribution in [2.45, 2.75) is 37.8 Å². The Morgan fingerprint density at radius 1 is 1.04 bits per heavy atom. The number of amides is 1. The van der Waals surface area contributed by atoms with Gasteiger partial charge in [-0.3, -0.25) is 4.79 Å². The molecular formula is C21H23ClFN3O. The quantitative estimate of drug-likeness (QED) is 0.698. The summed E-state index contributed by atoms with van der Waals surface area (Å²) in [5.41, 5.74) is 15.2. The van der Waals surface area contributed by atoms with Crippen LogP contribution in [0.4, 0.5) is 4.39 Å². The molecule has 1 aromatic heterocycles. The summed E-state index contributed by atoms with van der Waals surface area (Å²) in [6.07, 6.45) is 3.88. The fourth-order valence-electron chi connectivity index (χ4n) is 4.06. The minimum Gasteiger partial charge on any atom is -0.364 e. The van der Waals surface area contributed by atoms with Gasteiger partial charge in [-0.1, -0.05) is 24.3 Å². The maximum atomic E-state index is 13.2. The van der Waals surface area contributed by atoms with E-state index in [1.165, 1.54) is 12.1 Å². The van der Waals surface area contributed by atoms with Crippen molar-refractivity contribution >= 4 is 29.2 Å². The summed E-state index contributed by atoms with van der Waals surface area (Å²) in [6, 6.07) is 14.6. The van der Waals surface area contributed by atoms with Crippen LogP contribution >= 0.6 is 12.4 Å². The highest BCUT2D eigenvalue weighted by Gasteiger charge is 2.25. The second-order valence-electron chi connectivity index (χ2n) is 7.12. The summed E-state index contributed by atoms with van der Waals surface area (Å²) in [5.74, 6) is -0.686. The van der Waals surface area contributed by atoms with Crippen molar-refractivity contribution in [1.82, 2.24) is 4.57 Å². The smallest absolute Gasteiger partial charge is 0.265 e. The molecule has 0 bridgehead atoms. The Kier molecular flexibility index (Phi) is 5.53. The van der Waals surface area contributed by atoms with Crippen LogP contribution in [0.2, 0.25) is 0 Å². The van der Waals surface area contributed by atoms with E-state index in [0.29, 0.717) is 5.69 Å². The third-order valence-corrected chi connectivity index (χ3v) is 5.32. The minimum absolute atomic E-state index is 0. The van der Waals surface area contributed by atoms with Gasteiger partial charge in [-0.2, -0.15) is 0 Å². The molecule has 4 rings (SSSR count). The van der Waals surface area contributed by atoms with Crippen molar-refractivity contribution in [3.05, 3.63) is 60.0 Å². The van der Waals surface area contributed by atoms with Crippen molar-refractivity contribution < 1.29 is 9.18 Å². The second-order valence-corrected chi connectivity index (χ2v) is 7.12. The molecule has 2 atom stereocenters. The van der Waals surface area contributed by atoms with Gasteiger partial charge in [0.15, 0.2) is 0 Å². The van der Waals surface area contributed by atoms with E-state index in [9.17, 15) is 9.18 Å². The monoisotopic (exact) mass is 387 g/mol. The number of nitrogens with two attached hydrogens (primary N) is 2. The van der Waals surface area contributed by atoms with Crippen molar-refractivity contribution in [1.29, 1.82) is 0 Å². The highest BCUT2D eigenvalue weighted by Crippen LogP contribution is 2.35. The predicted molar refractivity (Wildman–Crippen MR) is 109 cm³/mol. The molecular weight excluding hydrogens is 365 g/mol. The molecule has 27 heavy (non-hydrogen) atoms. The summed E-state index contributed by atoms with van der Waals surface area (Å²) in [5, 5.41) is 0.976. The van der Waals surface area contributed by atoms with Crippen molar-refractivity contribution in [3.63, 3.8) is 0 Å². The van der Waals surface area contributed by atoms with Crippen LogP contribution in [0.25, 0.3) is 22.0 Å². The summed E-state index contributed by atoms with van der Waals surface area (Å²) >= 11 is 0. The van der Waals surface area contributed by atoms with Crippen molar-refractivity contribution in [2.24, 2.45) is 11.5 Å². The van der Waals surface area contributed by atoms with Crippen LogP contribution in [-0.4, -0.2) is 16.5 Å². The third-order valence-electron chi connectivity index (χ3n) is 5.32. The number of benzene rings is 2. The van der Waals surface area contributed by atoms with Gasteiger partial charge in [-0.15, -0.1) is 12.4 Å².